The third-order valence-corrected chi connectivity index (χ3v) is 3.09. The molecule has 1 aromatic heterocycles. The number of nitrogens with one attached hydrogen (secondary N) is 1. The van der Waals surface area contributed by atoms with E-state index in [0.29, 0.717) is 16.9 Å². The van der Waals surface area contributed by atoms with Crippen molar-refractivity contribution in [2.24, 2.45) is 5.92 Å². The van der Waals surface area contributed by atoms with E-state index in [1.54, 1.807) is 12.3 Å². The molecule has 0 aliphatic carbocycles. The van der Waals surface area contributed by atoms with Gasteiger partial charge < -0.3 is 5.32 Å². The maximum Gasteiger partial charge on any atom is 0.283 e. The second-order valence-electron chi connectivity index (χ2n) is 4.26. The van der Waals surface area contributed by atoms with Crippen molar-refractivity contribution >= 4 is 21.6 Å². The van der Waals surface area contributed by atoms with Gasteiger partial charge in [-0.15, -0.1) is 6.58 Å². The molecule has 1 rings (SSSR count). The highest BCUT2D eigenvalue weighted by atomic mass is 79.9. The average Bonchev–Trinajstić information content (AvgIpc) is 2.28. The second kappa shape index (κ2) is 6.59. The van der Waals surface area contributed by atoms with Gasteiger partial charge in [-0.3, -0.25) is 4.79 Å². The molecule has 0 fully saturated rings. The SMILES string of the molecule is C=CCn1ncc(NCCC(C)C)c(Br)c1=O. The average molecular weight is 300 g/mol. The summed E-state index contributed by atoms with van der Waals surface area (Å²) in [6.07, 6.45) is 4.37. The molecule has 1 aromatic rings. The minimum atomic E-state index is -0.139. The van der Waals surface area contributed by atoms with E-state index in [1.807, 2.05) is 0 Å². The third-order valence-electron chi connectivity index (χ3n) is 2.32. The Kier molecular flexibility index (Phi) is 5.41. The predicted molar refractivity (Wildman–Crippen MR) is 74.3 cm³/mol. The van der Waals surface area contributed by atoms with E-state index >= 15 is 0 Å². The number of allylic oxidation sites excluding steroid dienone is 1. The quantitative estimate of drug-likeness (QED) is 0.822. The van der Waals surface area contributed by atoms with Crippen molar-refractivity contribution in [1.29, 1.82) is 0 Å². The van der Waals surface area contributed by atoms with Crippen LogP contribution in [0.4, 0.5) is 5.69 Å². The molecule has 0 aliphatic heterocycles. The second-order valence-corrected chi connectivity index (χ2v) is 5.05. The lowest BCUT2D eigenvalue weighted by atomic mass is 10.1. The van der Waals surface area contributed by atoms with Crippen LogP contribution < -0.4 is 10.9 Å². The fourth-order valence-corrected chi connectivity index (χ4v) is 1.78. The number of hydrogen-bond acceptors (Lipinski definition) is 3. The van der Waals surface area contributed by atoms with Gasteiger partial charge >= 0.3 is 0 Å². The normalized spacial score (nSPS) is 10.6. The molecule has 0 aliphatic rings. The minimum Gasteiger partial charge on any atom is -0.383 e. The van der Waals surface area contributed by atoms with Gasteiger partial charge in [-0.2, -0.15) is 5.10 Å². The third kappa shape index (κ3) is 4.00. The van der Waals surface area contributed by atoms with Gasteiger partial charge in [0, 0.05) is 6.54 Å². The van der Waals surface area contributed by atoms with Crippen LogP contribution >= 0.6 is 15.9 Å². The van der Waals surface area contributed by atoms with E-state index in [4.69, 9.17) is 0 Å². The predicted octanol–water partition coefficient (Wildman–Crippen LogP) is 2.65. The molecule has 0 saturated carbocycles. The molecule has 1 heterocycles. The lowest BCUT2D eigenvalue weighted by molar-refractivity contribution is 0.605. The Morgan fingerprint density at radius 1 is 1.65 bits per heavy atom. The molecule has 0 atom stereocenters. The van der Waals surface area contributed by atoms with Crippen molar-refractivity contribution in [3.63, 3.8) is 0 Å². The smallest absolute Gasteiger partial charge is 0.283 e. The Morgan fingerprint density at radius 2 is 2.35 bits per heavy atom. The fourth-order valence-electron chi connectivity index (χ4n) is 1.34. The van der Waals surface area contributed by atoms with Crippen LogP contribution in [0, 0.1) is 5.92 Å². The molecule has 0 spiro atoms. The molecule has 0 aromatic carbocycles. The summed E-state index contributed by atoms with van der Waals surface area (Å²) in [6, 6.07) is 0. The fraction of sp³-hybridized carbons (Fsp3) is 0.500. The number of aromatic nitrogens is 2. The number of hydrogen-bond donors (Lipinski definition) is 1. The van der Waals surface area contributed by atoms with E-state index in [2.05, 4.69) is 46.8 Å². The van der Waals surface area contributed by atoms with Gasteiger partial charge in [0.2, 0.25) is 0 Å². The van der Waals surface area contributed by atoms with Crippen molar-refractivity contribution < 1.29 is 0 Å². The molecular weight excluding hydrogens is 282 g/mol. The maximum atomic E-state index is 11.8. The van der Waals surface area contributed by atoms with E-state index < -0.39 is 0 Å². The number of rotatable bonds is 6. The topological polar surface area (TPSA) is 46.9 Å². The molecule has 1 N–H and O–H groups in total. The number of halogens is 1. The first-order chi connectivity index (χ1) is 8.06. The first-order valence-corrected chi connectivity index (χ1v) is 6.46. The van der Waals surface area contributed by atoms with Gasteiger partial charge in [0.15, 0.2) is 0 Å². The van der Waals surface area contributed by atoms with Crippen molar-refractivity contribution in [3.05, 3.63) is 33.7 Å². The van der Waals surface area contributed by atoms with Crippen LogP contribution in [0.2, 0.25) is 0 Å². The summed E-state index contributed by atoms with van der Waals surface area (Å²) in [5.41, 5.74) is 0.607. The summed E-state index contributed by atoms with van der Waals surface area (Å²) in [5, 5.41) is 7.27. The largest absolute Gasteiger partial charge is 0.383 e. The Balaban J connectivity index is 2.78. The zero-order valence-electron chi connectivity index (χ0n) is 10.2. The van der Waals surface area contributed by atoms with E-state index in [9.17, 15) is 4.79 Å². The maximum absolute atomic E-state index is 11.8. The van der Waals surface area contributed by atoms with Gasteiger partial charge in [0.25, 0.3) is 5.56 Å². The molecule has 0 amide bonds. The van der Waals surface area contributed by atoms with Gasteiger partial charge in [0.05, 0.1) is 18.4 Å². The van der Waals surface area contributed by atoms with Gasteiger partial charge in [-0.05, 0) is 28.3 Å². The van der Waals surface area contributed by atoms with Crippen molar-refractivity contribution in [1.82, 2.24) is 9.78 Å². The minimum absolute atomic E-state index is 0.139. The molecule has 0 saturated heterocycles. The van der Waals surface area contributed by atoms with E-state index in [1.165, 1.54) is 4.68 Å². The first kappa shape index (κ1) is 14.0. The highest BCUT2D eigenvalue weighted by Gasteiger charge is 2.07. The highest BCUT2D eigenvalue weighted by Crippen LogP contribution is 2.16. The van der Waals surface area contributed by atoms with Gasteiger partial charge in [-0.1, -0.05) is 19.9 Å². The molecule has 0 bridgehead atoms. The Morgan fingerprint density at radius 3 is 2.94 bits per heavy atom. The monoisotopic (exact) mass is 299 g/mol. The van der Waals surface area contributed by atoms with Crippen molar-refractivity contribution in [2.45, 2.75) is 26.8 Å². The standard InChI is InChI=1S/C12H18BrN3O/c1-4-7-16-12(17)11(13)10(8-15-16)14-6-5-9(2)3/h4,8-9,14H,1,5-7H2,2-3H3. The van der Waals surface area contributed by atoms with Crippen LogP contribution in [0.5, 0.6) is 0 Å². The van der Waals surface area contributed by atoms with E-state index in [-0.39, 0.29) is 5.56 Å². The Labute approximate surface area is 110 Å². The van der Waals surface area contributed by atoms with Crippen LogP contribution in [-0.2, 0) is 6.54 Å². The lowest BCUT2D eigenvalue weighted by Crippen LogP contribution is -2.24. The van der Waals surface area contributed by atoms with Crippen LogP contribution in [0.1, 0.15) is 20.3 Å². The Hall–Kier alpha value is -1.10. The van der Waals surface area contributed by atoms with Gasteiger partial charge in [-0.25, -0.2) is 4.68 Å². The zero-order valence-corrected chi connectivity index (χ0v) is 11.8. The summed E-state index contributed by atoms with van der Waals surface area (Å²) in [4.78, 5) is 11.8. The highest BCUT2D eigenvalue weighted by molar-refractivity contribution is 9.10. The number of nitrogens with zero attached hydrogens (tertiary/aromatic N) is 2. The molecule has 5 heteroatoms. The van der Waals surface area contributed by atoms with Crippen LogP contribution in [0.25, 0.3) is 0 Å². The van der Waals surface area contributed by atoms with Crippen molar-refractivity contribution in [3.8, 4) is 0 Å². The summed E-state index contributed by atoms with van der Waals surface area (Å²) < 4.78 is 1.89. The summed E-state index contributed by atoms with van der Waals surface area (Å²) in [6.45, 7) is 9.17. The summed E-state index contributed by atoms with van der Waals surface area (Å²) in [7, 11) is 0. The molecule has 0 radical (unpaired) electrons. The van der Waals surface area contributed by atoms with Crippen molar-refractivity contribution in [2.75, 3.05) is 11.9 Å². The summed E-state index contributed by atoms with van der Waals surface area (Å²) >= 11 is 3.30. The lowest BCUT2D eigenvalue weighted by Gasteiger charge is -2.10. The molecule has 0 unspecified atom stereocenters. The zero-order chi connectivity index (χ0) is 12.8. The first-order valence-electron chi connectivity index (χ1n) is 5.66. The number of anilines is 1. The van der Waals surface area contributed by atoms with Gasteiger partial charge in [0.1, 0.15) is 4.47 Å². The van der Waals surface area contributed by atoms with E-state index in [0.717, 1.165) is 18.7 Å². The molecule has 4 nitrogen and oxygen atoms in total. The molecular formula is C12H18BrN3O. The Bertz CT molecular complexity index is 440. The van der Waals surface area contributed by atoms with Crippen LogP contribution in [0.3, 0.4) is 0 Å². The molecule has 94 valence electrons. The summed E-state index contributed by atoms with van der Waals surface area (Å²) in [5.74, 6) is 0.635. The van der Waals surface area contributed by atoms with Crippen LogP contribution in [-0.4, -0.2) is 16.3 Å². The van der Waals surface area contributed by atoms with Crippen LogP contribution in [0.15, 0.2) is 28.1 Å². The molecule has 17 heavy (non-hydrogen) atoms.